The van der Waals surface area contributed by atoms with Crippen LogP contribution in [-0.4, -0.2) is 24.2 Å². The number of hydrogen-bond donors (Lipinski definition) is 1. The summed E-state index contributed by atoms with van der Waals surface area (Å²) in [6.45, 7) is 6.78. The Morgan fingerprint density at radius 2 is 2.04 bits per heavy atom. The third-order valence-electron chi connectivity index (χ3n) is 4.30. The van der Waals surface area contributed by atoms with Gasteiger partial charge in [-0.05, 0) is 37.0 Å². The lowest BCUT2D eigenvalue weighted by atomic mass is 10.1. The number of pyridine rings is 1. The van der Waals surface area contributed by atoms with Crippen molar-refractivity contribution in [3.8, 4) is 11.5 Å². The highest BCUT2D eigenvalue weighted by molar-refractivity contribution is 6.31. The Morgan fingerprint density at radius 3 is 2.68 bits per heavy atom. The fraction of sp³-hybridized carbons (Fsp3) is 0.429. The van der Waals surface area contributed by atoms with Crippen molar-refractivity contribution in [3.63, 3.8) is 0 Å². The van der Waals surface area contributed by atoms with Crippen molar-refractivity contribution >= 4 is 23.2 Å². The van der Waals surface area contributed by atoms with E-state index in [1.807, 2.05) is 11.5 Å². The number of rotatable bonds is 9. The molecule has 0 saturated heterocycles. The smallest absolute Gasteiger partial charge is 0.262 e. The van der Waals surface area contributed by atoms with Gasteiger partial charge in [0.15, 0.2) is 12.4 Å². The number of aryl methyl sites for hydroxylation is 1. The van der Waals surface area contributed by atoms with E-state index in [4.69, 9.17) is 21.1 Å². The number of carbonyl (C=O) groups excluding carboxylic acids is 1. The highest BCUT2D eigenvalue weighted by Crippen LogP contribution is 2.27. The summed E-state index contributed by atoms with van der Waals surface area (Å²) in [6.07, 6.45) is 3.41. The molecule has 1 amide bonds. The van der Waals surface area contributed by atoms with Gasteiger partial charge >= 0.3 is 0 Å². The number of ether oxygens (including phenoxy) is 2. The van der Waals surface area contributed by atoms with Crippen molar-refractivity contribution in [1.82, 2.24) is 4.57 Å². The molecule has 1 heterocycles. The molecule has 28 heavy (non-hydrogen) atoms. The van der Waals surface area contributed by atoms with E-state index in [0.717, 1.165) is 18.7 Å². The molecule has 2 rings (SSSR count). The van der Waals surface area contributed by atoms with Gasteiger partial charge in [0.1, 0.15) is 5.75 Å². The van der Waals surface area contributed by atoms with Crippen LogP contribution in [0.25, 0.3) is 0 Å². The summed E-state index contributed by atoms with van der Waals surface area (Å²) in [4.78, 5) is 24.6. The molecule has 0 aliphatic carbocycles. The molecule has 0 unspecified atom stereocenters. The minimum atomic E-state index is -0.403. The summed E-state index contributed by atoms with van der Waals surface area (Å²) < 4.78 is 12.9. The molecule has 0 saturated carbocycles. The minimum Gasteiger partial charge on any atom is -0.495 e. The largest absolute Gasteiger partial charge is 0.495 e. The van der Waals surface area contributed by atoms with Crippen LogP contribution < -0.4 is 20.2 Å². The standard InChI is InChI=1S/C21H27ClN2O4/c1-5-17-21(18(25)9-11-24(17)10-8-14(2)3)28-13-20(26)23-16-12-15(22)6-7-19(16)27-4/h6-7,9,11-12,14H,5,8,10,13H2,1-4H3,(H,23,26). The number of amides is 1. The zero-order valence-electron chi connectivity index (χ0n) is 16.8. The Hall–Kier alpha value is -2.47. The Balaban J connectivity index is 2.13. The lowest BCUT2D eigenvalue weighted by Crippen LogP contribution is -2.24. The molecule has 2 aromatic rings. The van der Waals surface area contributed by atoms with E-state index in [0.29, 0.717) is 28.8 Å². The quantitative estimate of drug-likeness (QED) is 0.679. The third-order valence-corrected chi connectivity index (χ3v) is 4.54. The predicted octanol–water partition coefficient (Wildman–Crippen LogP) is 4.14. The molecule has 6 nitrogen and oxygen atoms in total. The summed E-state index contributed by atoms with van der Waals surface area (Å²) in [5, 5.41) is 3.18. The van der Waals surface area contributed by atoms with Crippen LogP contribution in [0.15, 0.2) is 35.3 Å². The first-order valence-electron chi connectivity index (χ1n) is 9.34. The van der Waals surface area contributed by atoms with Gasteiger partial charge in [0.25, 0.3) is 5.91 Å². The van der Waals surface area contributed by atoms with Gasteiger partial charge in [-0.3, -0.25) is 9.59 Å². The van der Waals surface area contributed by atoms with Gasteiger partial charge in [0.05, 0.1) is 18.5 Å². The van der Waals surface area contributed by atoms with Gasteiger partial charge < -0.3 is 19.4 Å². The van der Waals surface area contributed by atoms with Gasteiger partial charge in [-0.25, -0.2) is 0 Å². The van der Waals surface area contributed by atoms with Crippen LogP contribution >= 0.6 is 11.6 Å². The van der Waals surface area contributed by atoms with Gasteiger partial charge in [0.2, 0.25) is 5.43 Å². The minimum absolute atomic E-state index is 0.224. The zero-order valence-corrected chi connectivity index (χ0v) is 17.5. The van der Waals surface area contributed by atoms with Crippen molar-refractivity contribution in [2.24, 2.45) is 5.92 Å². The van der Waals surface area contributed by atoms with Crippen molar-refractivity contribution in [2.75, 3.05) is 19.0 Å². The second-order valence-corrected chi connectivity index (χ2v) is 7.30. The normalized spacial score (nSPS) is 10.8. The summed E-state index contributed by atoms with van der Waals surface area (Å²) in [5.74, 6) is 0.858. The van der Waals surface area contributed by atoms with Crippen LogP contribution in [0, 0.1) is 5.92 Å². The lowest BCUT2D eigenvalue weighted by Gasteiger charge is -2.17. The molecule has 0 radical (unpaired) electrons. The van der Waals surface area contributed by atoms with Crippen molar-refractivity contribution < 1.29 is 14.3 Å². The SMILES string of the molecule is CCc1c(OCC(=O)Nc2cc(Cl)ccc2OC)c(=O)ccn1CCC(C)C. The van der Waals surface area contributed by atoms with Crippen molar-refractivity contribution in [3.05, 3.63) is 51.4 Å². The average molecular weight is 407 g/mol. The third kappa shape index (κ3) is 5.76. The van der Waals surface area contributed by atoms with Gasteiger partial charge in [-0.1, -0.05) is 32.4 Å². The van der Waals surface area contributed by atoms with E-state index in [9.17, 15) is 9.59 Å². The van der Waals surface area contributed by atoms with E-state index in [2.05, 4.69) is 19.2 Å². The Kier molecular flexibility index (Phi) is 7.93. The molecule has 7 heteroatoms. The summed E-state index contributed by atoms with van der Waals surface area (Å²) in [5.41, 5.74) is 1.01. The van der Waals surface area contributed by atoms with Crippen LogP contribution in [0.5, 0.6) is 11.5 Å². The molecule has 152 valence electrons. The van der Waals surface area contributed by atoms with Gasteiger partial charge in [0, 0.05) is 23.8 Å². The predicted molar refractivity (Wildman–Crippen MR) is 112 cm³/mol. The van der Waals surface area contributed by atoms with Gasteiger partial charge in [-0.15, -0.1) is 0 Å². The van der Waals surface area contributed by atoms with Crippen LogP contribution in [0.1, 0.15) is 32.9 Å². The Bertz CT molecular complexity index is 877. The molecule has 0 fully saturated rings. The highest BCUT2D eigenvalue weighted by atomic mass is 35.5. The Morgan fingerprint density at radius 1 is 1.29 bits per heavy atom. The van der Waals surface area contributed by atoms with E-state index >= 15 is 0 Å². The van der Waals surface area contributed by atoms with Crippen LogP contribution in [0.2, 0.25) is 5.02 Å². The molecule has 0 aliphatic heterocycles. The second kappa shape index (κ2) is 10.2. The van der Waals surface area contributed by atoms with Crippen molar-refractivity contribution in [1.29, 1.82) is 0 Å². The number of nitrogens with zero attached hydrogens (tertiary/aromatic N) is 1. The second-order valence-electron chi connectivity index (χ2n) is 6.87. The summed E-state index contributed by atoms with van der Waals surface area (Å²) in [7, 11) is 1.51. The maximum Gasteiger partial charge on any atom is 0.262 e. The molecule has 0 bridgehead atoms. The first kappa shape index (κ1) is 21.8. The number of carbonyl (C=O) groups is 1. The van der Waals surface area contributed by atoms with Crippen LogP contribution in [0.3, 0.4) is 0 Å². The fourth-order valence-electron chi connectivity index (χ4n) is 2.82. The molecule has 1 aromatic heterocycles. The summed E-state index contributed by atoms with van der Waals surface area (Å²) >= 11 is 5.98. The lowest BCUT2D eigenvalue weighted by molar-refractivity contribution is -0.118. The monoisotopic (exact) mass is 406 g/mol. The number of benzene rings is 1. The first-order chi connectivity index (χ1) is 13.3. The molecule has 0 spiro atoms. The Labute approximate surface area is 170 Å². The first-order valence-corrected chi connectivity index (χ1v) is 9.72. The van der Waals surface area contributed by atoms with E-state index < -0.39 is 5.91 Å². The highest BCUT2D eigenvalue weighted by Gasteiger charge is 2.14. The van der Waals surface area contributed by atoms with Crippen molar-refractivity contribution in [2.45, 2.75) is 40.2 Å². The topological polar surface area (TPSA) is 69.6 Å². The molecular formula is C21H27ClN2O4. The molecule has 1 aromatic carbocycles. The molecule has 1 N–H and O–H groups in total. The number of hydrogen-bond acceptors (Lipinski definition) is 4. The van der Waals surface area contributed by atoms with Crippen LogP contribution in [0.4, 0.5) is 5.69 Å². The van der Waals surface area contributed by atoms with E-state index in [1.165, 1.54) is 13.2 Å². The van der Waals surface area contributed by atoms with Gasteiger partial charge in [-0.2, -0.15) is 0 Å². The number of halogens is 1. The zero-order chi connectivity index (χ0) is 20.7. The maximum atomic E-state index is 12.3. The van der Waals surface area contributed by atoms with E-state index in [1.54, 1.807) is 24.4 Å². The molecular weight excluding hydrogens is 380 g/mol. The average Bonchev–Trinajstić information content (AvgIpc) is 2.65. The number of aromatic nitrogens is 1. The maximum absolute atomic E-state index is 12.3. The summed E-state index contributed by atoms with van der Waals surface area (Å²) in [6, 6.07) is 6.41. The number of nitrogens with one attached hydrogen (secondary N) is 1. The van der Waals surface area contributed by atoms with Crippen LogP contribution in [-0.2, 0) is 17.8 Å². The molecule has 0 aliphatic rings. The molecule has 0 atom stereocenters. The number of anilines is 1. The van der Waals surface area contributed by atoms with E-state index in [-0.39, 0.29) is 17.8 Å². The number of methoxy groups -OCH3 is 1. The fourth-order valence-corrected chi connectivity index (χ4v) is 2.99.